The van der Waals surface area contributed by atoms with Crippen molar-refractivity contribution in [1.82, 2.24) is 19.9 Å². The fraction of sp³-hybridized carbons (Fsp3) is 0.214. The number of aryl methyl sites for hydroxylation is 2. The van der Waals surface area contributed by atoms with Crippen molar-refractivity contribution in [3.05, 3.63) is 51.7 Å². The molecule has 3 aromatic rings. The molecule has 20 heavy (non-hydrogen) atoms. The average Bonchev–Trinajstić information content (AvgIpc) is 2.99. The lowest BCUT2D eigenvalue weighted by molar-refractivity contribution is 0.0954. The molecule has 6 heteroatoms. The second kappa shape index (κ2) is 5.05. The summed E-state index contributed by atoms with van der Waals surface area (Å²) in [4.78, 5) is 17.1. The van der Waals surface area contributed by atoms with Crippen LogP contribution in [0.5, 0.6) is 0 Å². The number of nitrogens with zero attached hydrogens (tertiary/aromatic N) is 3. The number of carbonyl (C=O) groups is 1. The molecule has 0 spiro atoms. The molecule has 0 bridgehead atoms. The first-order valence-electron chi connectivity index (χ1n) is 6.28. The van der Waals surface area contributed by atoms with Crippen molar-refractivity contribution in [2.24, 2.45) is 0 Å². The van der Waals surface area contributed by atoms with Crippen molar-refractivity contribution >= 4 is 22.8 Å². The summed E-state index contributed by atoms with van der Waals surface area (Å²) in [5.74, 6) is -0.0802. The molecule has 0 unspecified atom stereocenters. The Morgan fingerprint density at radius 1 is 1.40 bits per heavy atom. The first kappa shape index (κ1) is 12.8. The number of nitrogens with one attached hydrogen (secondary N) is 1. The summed E-state index contributed by atoms with van der Waals surface area (Å²) < 4.78 is 1.80. The Morgan fingerprint density at radius 3 is 3.00 bits per heavy atom. The van der Waals surface area contributed by atoms with Gasteiger partial charge in [-0.25, -0.2) is 9.50 Å². The molecule has 0 aromatic carbocycles. The van der Waals surface area contributed by atoms with Crippen molar-refractivity contribution in [2.75, 3.05) is 0 Å². The number of hydrogen-bond acceptors (Lipinski definition) is 4. The van der Waals surface area contributed by atoms with Crippen LogP contribution in [-0.2, 0) is 6.54 Å². The lowest BCUT2D eigenvalue weighted by atomic mass is 10.2. The molecule has 0 saturated carbocycles. The highest BCUT2D eigenvalue weighted by molar-refractivity contribution is 7.13. The molecule has 0 radical (unpaired) electrons. The SMILES string of the molecule is Cc1nc(C)c(C(=O)NCc2cnn3ccccc23)s1. The molecule has 0 aliphatic carbocycles. The Labute approximate surface area is 120 Å². The first-order chi connectivity index (χ1) is 9.65. The lowest BCUT2D eigenvalue weighted by Gasteiger charge is -2.02. The van der Waals surface area contributed by atoms with Crippen LogP contribution < -0.4 is 5.32 Å². The zero-order chi connectivity index (χ0) is 14.1. The number of amides is 1. The fourth-order valence-electron chi connectivity index (χ4n) is 2.12. The second-order valence-electron chi connectivity index (χ2n) is 4.53. The Balaban J connectivity index is 1.76. The maximum absolute atomic E-state index is 12.1. The van der Waals surface area contributed by atoms with Crippen molar-refractivity contribution in [3.63, 3.8) is 0 Å². The first-order valence-corrected chi connectivity index (χ1v) is 7.10. The van der Waals surface area contributed by atoms with Crippen LogP contribution in [0.25, 0.3) is 5.52 Å². The van der Waals surface area contributed by atoms with Gasteiger partial charge >= 0.3 is 0 Å². The molecule has 0 fully saturated rings. The van der Waals surface area contributed by atoms with Gasteiger partial charge in [0.2, 0.25) is 0 Å². The minimum atomic E-state index is -0.0802. The number of fused-ring (bicyclic) bond motifs is 1. The van der Waals surface area contributed by atoms with E-state index in [-0.39, 0.29) is 5.91 Å². The topological polar surface area (TPSA) is 59.3 Å². The van der Waals surface area contributed by atoms with E-state index in [0.717, 1.165) is 21.8 Å². The van der Waals surface area contributed by atoms with Crippen molar-refractivity contribution in [1.29, 1.82) is 0 Å². The monoisotopic (exact) mass is 286 g/mol. The molecule has 1 N–H and O–H groups in total. The summed E-state index contributed by atoms with van der Waals surface area (Å²) in [6.45, 7) is 4.22. The molecular weight excluding hydrogens is 272 g/mol. The third-order valence-electron chi connectivity index (χ3n) is 3.06. The number of rotatable bonds is 3. The lowest BCUT2D eigenvalue weighted by Crippen LogP contribution is -2.22. The molecule has 0 atom stereocenters. The van der Waals surface area contributed by atoms with E-state index >= 15 is 0 Å². The van der Waals surface area contributed by atoms with E-state index in [9.17, 15) is 4.79 Å². The third-order valence-corrected chi connectivity index (χ3v) is 4.13. The highest BCUT2D eigenvalue weighted by Crippen LogP contribution is 2.17. The van der Waals surface area contributed by atoms with E-state index in [1.165, 1.54) is 11.3 Å². The Kier molecular flexibility index (Phi) is 3.23. The predicted octanol–water partition coefficient (Wildman–Crippen LogP) is 2.34. The zero-order valence-corrected chi connectivity index (χ0v) is 12.1. The van der Waals surface area contributed by atoms with Crippen LogP contribution in [0, 0.1) is 13.8 Å². The minimum absolute atomic E-state index is 0.0802. The highest BCUT2D eigenvalue weighted by Gasteiger charge is 2.14. The van der Waals surface area contributed by atoms with Gasteiger partial charge in [0.15, 0.2) is 0 Å². The van der Waals surface area contributed by atoms with Gasteiger partial charge in [-0.3, -0.25) is 4.79 Å². The number of carbonyl (C=O) groups excluding carboxylic acids is 1. The molecule has 0 aliphatic heterocycles. The maximum atomic E-state index is 12.1. The quantitative estimate of drug-likeness (QED) is 0.804. The van der Waals surface area contributed by atoms with Crippen LogP contribution in [0.1, 0.15) is 25.9 Å². The molecule has 5 nitrogen and oxygen atoms in total. The second-order valence-corrected chi connectivity index (χ2v) is 5.73. The molecular formula is C14H14N4OS. The van der Waals surface area contributed by atoms with Gasteiger partial charge in [0, 0.05) is 18.3 Å². The average molecular weight is 286 g/mol. The van der Waals surface area contributed by atoms with Gasteiger partial charge in [-0.2, -0.15) is 5.10 Å². The van der Waals surface area contributed by atoms with E-state index in [0.29, 0.717) is 11.4 Å². The van der Waals surface area contributed by atoms with Crippen molar-refractivity contribution in [3.8, 4) is 0 Å². The summed E-state index contributed by atoms with van der Waals surface area (Å²) in [6, 6.07) is 5.86. The fourth-order valence-corrected chi connectivity index (χ4v) is 2.96. The Morgan fingerprint density at radius 2 is 2.25 bits per heavy atom. The van der Waals surface area contributed by atoms with Crippen LogP contribution >= 0.6 is 11.3 Å². The summed E-state index contributed by atoms with van der Waals surface area (Å²) in [6.07, 6.45) is 3.66. The Hall–Kier alpha value is -2.21. The van der Waals surface area contributed by atoms with E-state index < -0.39 is 0 Å². The maximum Gasteiger partial charge on any atom is 0.263 e. The molecule has 102 valence electrons. The highest BCUT2D eigenvalue weighted by atomic mass is 32.1. The van der Waals surface area contributed by atoms with Gasteiger partial charge in [0.05, 0.1) is 22.4 Å². The molecule has 0 aliphatic rings. The van der Waals surface area contributed by atoms with Crippen LogP contribution in [-0.4, -0.2) is 20.5 Å². The van der Waals surface area contributed by atoms with Crippen LogP contribution in [0.3, 0.4) is 0 Å². The van der Waals surface area contributed by atoms with Crippen LogP contribution in [0.15, 0.2) is 30.6 Å². The van der Waals surface area contributed by atoms with Crippen molar-refractivity contribution < 1.29 is 4.79 Å². The largest absolute Gasteiger partial charge is 0.347 e. The molecule has 3 heterocycles. The normalized spacial score (nSPS) is 10.9. The van der Waals surface area contributed by atoms with Crippen molar-refractivity contribution in [2.45, 2.75) is 20.4 Å². The van der Waals surface area contributed by atoms with Crippen LogP contribution in [0.4, 0.5) is 0 Å². The summed E-state index contributed by atoms with van der Waals surface area (Å²) >= 11 is 1.42. The standard InChI is InChI=1S/C14H14N4OS/c1-9-13(20-10(2)17-9)14(19)15-7-11-8-16-18-6-4-3-5-12(11)18/h3-6,8H,7H2,1-2H3,(H,15,19). The summed E-state index contributed by atoms with van der Waals surface area (Å²) in [7, 11) is 0. The predicted molar refractivity (Wildman–Crippen MR) is 78.0 cm³/mol. The smallest absolute Gasteiger partial charge is 0.263 e. The van der Waals surface area contributed by atoms with Gasteiger partial charge in [-0.1, -0.05) is 6.07 Å². The van der Waals surface area contributed by atoms with Gasteiger partial charge in [0.1, 0.15) is 4.88 Å². The summed E-state index contributed by atoms with van der Waals surface area (Å²) in [5.41, 5.74) is 2.78. The number of aromatic nitrogens is 3. The van der Waals surface area contributed by atoms with Gasteiger partial charge < -0.3 is 5.32 Å². The Bertz CT molecular complexity index is 774. The van der Waals surface area contributed by atoms with Gasteiger partial charge in [0.25, 0.3) is 5.91 Å². The minimum Gasteiger partial charge on any atom is -0.347 e. The number of thiazole rings is 1. The van der Waals surface area contributed by atoms with E-state index in [4.69, 9.17) is 0 Å². The number of hydrogen-bond donors (Lipinski definition) is 1. The van der Waals surface area contributed by atoms with Gasteiger partial charge in [-0.15, -0.1) is 11.3 Å². The van der Waals surface area contributed by atoms with Crippen LogP contribution in [0.2, 0.25) is 0 Å². The molecule has 3 rings (SSSR count). The van der Waals surface area contributed by atoms with E-state index in [1.807, 2.05) is 38.2 Å². The van der Waals surface area contributed by atoms with Gasteiger partial charge in [-0.05, 0) is 26.0 Å². The summed E-state index contributed by atoms with van der Waals surface area (Å²) in [5, 5.41) is 8.08. The zero-order valence-electron chi connectivity index (χ0n) is 11.3. The third kappa shape index (κ3) is 2.30. The molecule has 0 saturated heterocycles. The van der Waals surface area contributed by atoms with E-state index in [2.05, 4.69) is 15.4 Å². The van der Waals surface area contributed by atoms with E-state index in [1.54, 1.807) is 10.7 Å². The molecule has 3 aromatic heterocycles. The number of pyridine rings is 1. The molecule has 1 amide bonds.